The standard InChI is InChI=1S/C14H16N4O/c1-18-13-4-2-9(6-10(13)3-5-14(18)19)12-7-11(8-15)16-17-12/h2,4,6-7H,3,5,8,15H2,1H3,(H,16,17). The Balaban J connectivity index is 1.99. The van der Waals surface area contributed by atoms with Gasteiger partial charge in [0.2, 0.25) is 5.91 Å². The van der Waals surface area contributed by atoms with E-state index in [9.17, 15) is 4.79 Å². The molecule has 1 amide bonds. The summed E-state index contributed by atoms with van der Waals surface area (Å²) in [6.45, 7) is 0.454. The first-order valence-corrected chi connectivity index (χ1v) is 6.33. The highest BCUT2D eigenvalue weighted by atomic mass is 16.2. The van der Waals surface area contributed by atoms with Gasteiger partial charge in [0.1, 0.15) is 0 Å². The number of carbonyl (C=O) groups excluding carboxylic acids is 1. The summed E-state index contributed by atoms with van der Waals surface area (Å²) in [6, 6.07) is 8.04. The van der Waals surface area contributed by atoms with Crippen molar-refractivity contribution in [1.29, 1.82) is 0 Å². The quantitative estimate of drug-likeness (QED) is 0.853. The fourth-order valence-electron chi connectivity index (χ4n) is 2.43. The van der Waals surface area contributed by atoms with Gasteiger partial charge in [-0.1, -0.05) is 6.07 Å². The van der Waals surface area contributed by atoms with E-state index in [0.29, 0.717) is 13.0 Å². The molecule has 1 aromatic heterocycles. The van der Waals surface area contributed by atoms with Crippen molar-refractivity contribution in [3.8, 4) is 11.3 Å². The van der Waals surface area contributed by atoms with E-state index in [1.54, 1.807) is 4.90 Å². The number of hydrogen-bond donors (Lipinski definition) is 2. The Morgan fingerprint density at radius 3 is 2.95 bits per heavy atom. The Morgan fingerprint density at radius 2 is 2.21 bits per heavy atom. The third-order valence-corrected chi connectivity index (χ3v) is 3.57. The minimum absolute atomic E-state index is 0.172. The Labute approximate surface area is 111 Å². The number of nitrogens with one attached hydrogen (secondary N) is 1. The first kappa shape index (κ1) is 11.9. The molecule has 3 N–H and O–H groups in total. The Bertz CT molecular complexity index is 632. The third kappa shape index (κ3) is 2.02. The van der Waals surface area contributed by atoms with E-state index in [1.165, 1.54) is 5.56 Å². The van der Waals surface area contributed by atoms with Crippen molar-refractivity contribution in [1.82, 2.24) is 10.2 Å². The summed E-state index contributed by atoms with van der Waals surface area (Å²) in [4.78, 5) is 13.4. The number of aromatic amines is 1. The second kappa shape index (κ2) is 4.51. The van der Waals surface area contributed by atoms with E-state index in [4.69, 9.17) is 5.73 Å². The zero-order valence-corrected chi connectivity index (χ0v) is 10.8. The summed E-state index contributed by atoms with van der Waals surface area (Å²) >= 11 is 0. The number of amides is 1. The fourth-order valence-corrected chi connectivity index (χ4v) is 2.43. The predicted molar refractivity (Wildman–Crippen MR) is 73.6 cm³/mol. The van der Waals surface area contributed by atoms with Gasteiger partial charge in [-0.3, -0.25) is 9.89 Å². The molecule has 0 saturated heterocycles. The lowest BCUT2D eigenvalue weighted by atomic mass is 9.98. The van der Waals surface area contributed by atoms with Gasteiger partial charge in [0, 0.05) is 37.0 Å². The number of fused-ring (bicyclic) bond motifs is 1. The number of rotatable bonds is 2. The third-order valence-electron chi connectivity index (χ3n) is 3.57. The number of nitrogens with zero attached hydrogens (tertiary/aromatic N) is 2. The van der Waals surface area contributed by atoms with Crippen molar-refractivity contribution in [3.05, 3.63) is 35.5 Å². The lowest BCUT2D eigenvalue weighted by Gasteiger charge is -2.25. The monoisotopic (exact) mass is 256 g/mol. The highest BCUT2D eigenvalue weighted by Crippen LogP contribution is 2.30. The van der Waals surface area contributed by atoms with E-state index < -0.39 is 0 Å². The van der Waals surface area contributed by atoms with Crippen molar-refractivity contribution in [2.75, 3.05) is 11.9 Å². The maximum Gasteiger partial charge on any atom is 0.227 e. The van der Waals surface area contributed by atoms with Gasteiger partial charge >= 0.3 is 0 Å². The molecule has 5 nitrogen and oxygen atoms in total. The molecule has 0 spiro atoms. The van der Waals surface area contributed by atoms with Gasteiger partial charge in [0.05, 0.1) is 5.69 Å². The van der Waals surface area contributed by atoms with E-state index in [2.05, 4.69) is 16.3 Å². The lowest BCUT2D eigenvalue weighted by Crippen LogP contribution is -2.30. The summed E-state index contributed by atoms with van der Waals surface area (Å²) < 4.78 is 0. The minimum Gasteiger partial charge on any atom is -0.325 e. The van der Waals surface area contributed by atoms with Crippen molar-refractivity contribution in [2.45, 2.75) is 19.4 Å². The second-order valence-corrected chi connectivity index (χ2v) is 4.78. The summed E-state index contributed by atoms with van der Waals surface area (Å²) in [6.07, 6.45) is 1.36. The van der Waals surface area contributed by atoms with Crippen molar-refractivity contribution < 1.29 is 4.79 Å². The van der Waals surface area contributed by atoms with Crippen LogP contribution in [0, 0.1) is 0 Å². The highest BCUT2D eigenvalue weighted by Gasteiger charge is 2.21. The first-order chi connectivity index (χ1) is 9.19. The van der Waals surface area contributed by atoms with Gasteiger partial charge in [-0.25, -0.2) is 0 Å². The van der Waals surface area contributed by atoms with Gasteiger partial charge < -0.3 is 10.6 Å². The van der Waals surface area contributed by atoms with Crippen LogP contribution in [0.4, 0.5) is 5.69 Å². The van der Waals surface area contributed by atoms with Crippen molar-refractivity contribution in [3.63, 3.8) is 0 Å². The van der Waals surface area contributed by atoms with Gasteiger partial charge in [0.25, 0.3) is 0 Å². The highest BCUT2D eigenvalue weighted by molar-refractivity contribution is 5.96. The molecule has 1 aliphatic heterocycles. The maximum atomic E-state index is 11.6. The molecule has 2 aromatic rings. The van der Waals surface area contributed by atoms with E-state index in [0.717, 1.165) is 29.1 Å². The molecule has 0 aliphatic carbocycles. The molecule has 5 heteroatoms. The number of H-pyrrole nitrogens is 1. The molecule has 0 radical (unpaired) electrons. The molecule has 19 heavy (non-hydrogen) atoms. The normalized spacial score (nSPS) is 14.6. The molecule has 98 valence electrons. The molecule has 0 unspecified atom stereocenters. The van der Waals surface area contributed by atoms with Crippen molar-refractivity contribution in [2.24, 2.45) is 5.73 Å². The lowest BCUT2D eigenvalue weighted by molar-refractivity contribution is -0.118. The minimum atomic E-state index is 0.172. The van der Waals surface area contributed by atoms with Crippen molar-refractivity contribution >= 4 is 11.6 Å². The summed E-state index contributed by atoms with van der Waals surface area (Å²) in [5.74, 6) is 0.172. The van der Waals surface area contributed by atoms with Crippen LogP contribution in [0.3, 0.4) is 0 Å². The van der Waals surface area contributed by atoms with Crippen LogP contribution in [-0.2, 0) is 17.8 Å². The number of anilines is 1. The van der Waals surface area contributed by atoms with Crippen LogP contribution in [0.25, 0.3) is 11.3 Å². The molecule has 0 fully saturated rings. The van der Waals surface area contributed by atoms with Crippen LogP contribution in [0.1, 0.15) is 17.7 Å². The summed E-state index contributed by atoms with van der Waals surface area (Å²) in [7, 11) is 1.82. The van der Waals surface area contributed by atoms with Crippen LogP contribution < -0.4 is 10.6 Å². The van der Waals surface area contributed by atoms with Gasteiger partial charge in [-0.15, -0.1) is 0 Å². The Morgan fingerprint density at radius 1 is 1.37 bits per heavy atom. The van der Waals surface area contributed by atoms with Crippen LogP contribution in [0.2, 0.25) is 0 Å². The number of nitrogens with two attached hydrogens (primary N) is 1. The van der Waals surface area contributed by atoms with E-state index >= 15 is 0 Å². The molecule has 0 bridgehead atoms. The van der Waals surface area contributed by atoms with Crippen LogP contribution >= 0.6 is 0 Å². The number of benzene rings is 1. The molecule has 0 saturated carbocycles. The topological polar surface area (TPSA) is 75.0 Å². The SMILES string of the molecule is CN1C(=O)CCc2cc(-c3cc(CN)[nH]n3)ccc21. The largest absolute Gasteiger partial charge is 0.325 e. The summed E-state index contributed by atoms with van der Waals surface area (Å²) in [5.41, 5.74) is 10.6. The van der Waals surface area contributed by atoms with E-state index in [1.807, 2.05) is 25.2 Å². The number of aryl methyl sites for hydroxylation is 1. The Hall–Kier alpha value is -2.14. The predicted octanol–water partition coefficient (Wildman–Crippen LogP) is 1.44. The molecular weight excluding hydrogens is 240 g/mol. The smallest absolute Gasteiger partial charge is 0.227 e. The molecule has 2 heterocycles. The number of aromatic nitrogens is 2. The average Bonchev–Trinajstić information content (AvgIpc) is 2.91. The van der Waals surface area contributed by atoms with Gasteiger partial charge in [-0.05, 0) is 30.2 Å². The number of hydrogen-bond acceptors (Lipinski definition) is 3. The fraction of sp³-hybridized carbons (Fsp3) is 0.286. The maximum absolute atomic E-state index is 11.6. The zero-order chi connectivity index (χ0) is 13.4. The van der Waals surface area contributed by atoms with Crippen LogP contribution in [-0.4, -0.2) is 23.2 Å². The molecule has 0 atom stereocenters. The first-order valence-electron chi connectivity index (χ1n) is 6.33. The summed E-state index contributed by atoms with van der Waals surface area (Å²) in [5, 5.41) is 7.16. The van der Waals surface area contributed by atoms with Gasteiger partial charge in [-0.2, -0.15) is 5.10 Å². The number of carbonyl (C=O) groups is 1. The zero-order valence-electron chi connectivity index (χ0n) is 10.8. The average molecular weight is 256 g/mol. The molecule has 3 rings (SSSR count). The van der Waals surface area contributed by atoms with Gasteiger partial charge in [0.15, 0.2) is 0 Å². The second-order valence-electron chi connectivity index (χ2n) is 4.78. The molecular formula is C14H16N4O. The Kier molecular flexibility index (Phi) is 2.83. The van der Waals surface area contributed by atoms with Crippen LogP contribution in [0.5, 0.6) is 0 Å². The van der Waals surface area contributed by atoms with E-state index in [-0.39, 0.29) is 5.91 Å². The van der Waals surface area contributed by atoms with Crippen LogP contribution in [0.15, 0.2) is 24.3 Å². The molecule has 1 aromatic carbocycles. The molecule has 1 aliphatic rings.